The molecule has 0 bridgehead atoms. The Morgan fingerprint density at radius 3 is 2.55 bits per heavy atom. The highest BCUT2D eigenvalue weighted by molar-refractivity contribution is 5.19. The third-order valence-electron chi connectivity index (χ3n) is 1.82. The van der Waals surface area contributed by atoms with Crippen molar-refractivity contribution >= 4 is 0 Å². The predicted molar refractivity (Wildman–Crippen MR) is 39.6 cm³/mol. The maximum atomic E-state index is 11.4. The molecule has 11 heavy (non-hydrogen) atoms. The number of hydrogen-bond donors (Lipinski definition) is 0. The molecule has 0 amide bonds. The molecule has 1 saturated heterocycles. The highest BCUT2D eigenvalue weighted by Crippen LogP contribution is 2.27. The molecule has 1 aliphatic rings. The summed E-state index contributed by atoms with van der Waals surface area (Å²) in [5, 5.41) is 11.4. The van der Waals surface area contributed by atoms with Crippen molar-refractivity contribution in [3.63, 3.8) is 0 Å². The molecular formula is C9H9O2. The van der Waals surface area contributed by atoms with Gasteiger partial charge in [0.05, 0.1) is 6.61 Å². The van der Waals surface area contributed by atoms with E-state index in [1.165, 1.54) is 0 Å². The summed E-state index contributed by atoms with van der Waals surface area (Å²) in [5.74, 6) is 0. The van der Waals surface area contributed by atoms with Gasteiger partial charge in [0, 0.05) is 0 Å². The van der Waals surface area contributed by atoms with Crippen LogP contribution in [0.25, 0.3) is 0 Å². The van der Waals surface area contributed by atoms with E-state index in [4.69, 9.17) is 4.74 Å². The molecule has 1 fully saturated rings. The van der Waals surface area contributed by atoms with E-state index >= 15 is 0 Å². The summed E-state index contributed by atoms with van der Waals surface area (Å²) in [6.45, 7) is 0.628. The molecule has 1 aromatic rings. The van der Waals surface area contributed by atoms with Crippen LogP contribution in [0.3, 0.4) is 0 Å². The molecule has 1 aliphatic heterocycles. The van der Waals surface area contributed by atoms with Gasteiger partial charge in [-0.05, 0) is 5.56 Å². The second kappa shape index (κ2) is 2.64. The highest BCUT2D eigenvalue weighted by atomic mass is 16.6. The molecular weight excluding hydrogens is 140 g/mol. The summed E-state index contributed by atoms with van der Waals surface area (Å²) in [6.07, 6.45) is -0.756. The van der Waals surface area contributed by atoms with Gasteiger partial charge in [0.15, 0.2) is 0 Å². The fourth-order valence-corrected chi connectivity index (χ4v) is 1.09. The minimum Gasteiger partial charge on any atom is -0.370 e. The van der Waals surface area contributed by atoms with Crippen LogP contribution in [0.5, 0.6) is 0 Å². The molecule has 0 saturated carbocycles. The van der Waals surface area contributed by atoms with Crippen molar-refractivity contribution in [2.24, 2.45) is 0 Å². The van der Waals surface area contributed by atoms with E-state index in [-0.39, 0.29) is 6.10 Å². The van der Waals surface area contributed by atoms with Crippen LogP contribution in [-0.2, 0) is 9.84 Å². The molecule has 1 heterocycles. The van der Waals surface area contributed by atoms with Crippen LogP contribution in [0.2, 0.25) is 0 Å². The minimum atomic E-state index is -0.684. The lowest BCUT2D eigenvalue weighted by atomic mass is 10.1. The summed E-state index contributed by atoms with van der Waals surface area (Å²) < 4.78 is 4.91. The van der Waals surface area contributed by atoms with Crippen molar-refractivity contribution in [3.8, 4) is 0 Å². The zero-order chi connectivity index (χ0) is 7.68. The first-order valence-electron chi connectivity index (χ1n) is 3.70. The van der Waals surface area contributed by atoms with Crippen LogP contribution in [-0.4, -0.2) is 12.7 Å². The van der Waals surface area contributed by atoms with Gasteiger partial charge in [-0.25, -0.2) is 5.11 Å². The topological polar surface area (TPSA) is 32.4 Å². The van der Waals surface area contributed by atoms with E-state index in [2.05, 4.69) is 0 Å². The number of hydrogen-bond acceptors (Lipinski definition) is 1. The fraction of sp³-hybridized carbons (Fsp3) is 0.333. The zero-order valence-electron chi connectivity index (χ0n) is 6.07. The Morgan fingerprint density at radius 2 is 2.00 bits per heavy atom. The molecule has 0 aliphatic carbocycles. The van der Waals surface area contributed by atoms with Crippen LogP contribution in [0, 0.1) is 0 Å². The zero-order valence-corrected chi connectivity index (χ0v) is 6.07. The van der Waals surface area contributed by atoms with Gasteiger partial charge in [-0.3, -0.25) is 0 Å². The van der Waals surface area contributed by atoms with E-state index in [1.807, 2.05) is 30.3 Å². The van der Waals surface area contributed by atoms with Gasteiger partial charge in [0.25, 0.3) is 0 Å². The van der Waals surface area contributed by atoms with E-state index in [9.17, 15) is 5.11 Å². The molecule has 2 heteroatoms. The lowest BCUT2D eigenvalue weighted by Crippen LogP contribution is -2.02. The first-order chi connectivity index (χ1) is 5.38. The number of benzene rings is 1. The van der Waals surface area contributed by atoms with Gasteiger partial charge in [-0.15, -0.1) is 0 Å². The molecule has 1 aromatic carbocycles. The van der Waals surface area contributed by atoms with Crippen molar-refractivity contribution in [2.75, 3.05) is 6.61 Å². The van der Waals surface area contributed by atoms with Gasteiger partial charge in [0.1, 0.15) is 12.2 Å². The van der Waals surface area contributed by atoms with E-state index in [0.29, 0.717) is 6.61 Å². The molecule has 0 aromatic heterocycles. The van der Waals surface area contributed by atoms with E-state index in [0.717, 1.165) is 5.56 Å². The minimum absolute atomic E-state index is 0.0719. The van der Waals surface area contributed by atoms with Crippen molar-refractivity contribution in [3.05, 3.63) is 35.9 Å². The fourth-order valence-electron chi connectivity index (χ4n) is 1.09. The second-order valence-electron chi connectivity index (χ2n) is 2.70. The van der Waals surface area contributed by atoms with E-state index < -0.39 is 6.10 Å². The first-order valence-corrected chi connectivity index (χ1v) is 3.70. The molecule has 0 spiro atoms. The first kappa shape index (κ1) is 6.83. The number of rotatable bonds is 2. The Hall–Kier alpha value is -0.860. The van der Waals surface area contributed by atoms with Crippen LogP contribution in [0.1, 0.15) is 11.7 Å². The third kappa shape index (κ3) is 1.42. The van der Waals surface area contributed by atoms with Crippen molar-refractivity contribution in [1.82, 2.24) is 0 Å². The van der Waals surface area contributed by atoms with Gasteiger partial charge >= 0.3 is 0 Å². The van der Waals surface area contributed by atoms with Crippen molar-refractivity contribution in [2.45, 2.75) is 12.2 Å². The molecule has 2 rings (SSSR count). The Labute approximate surface area is 65.4 Å². The summed E-state index contributed by atoms with van der Waals surface area (Å²) in [4.78, 5) is 0. The molecule has 2 atom stereocenters. The van der Waals surface area contributed by atoms with Gasteiger partial charge in [0.2, 0.25) is 0 Å². The second-order valence-corrected chi connectivity index (χ2v) is 2.70. The highest BCUT2D eigenvalue weighted by Gasteiger charge is 2.33. The molecule has 0 N–H and O–H groups in total. The monoisotopic (exact) mass is 149 g/mol. The van der Waals surface area contributed by atoms with Crippen LogP contribution in [0.4, 0.5) is 0 Å². The summed E-state index contributed by atoms with van der Waals surface area (Å²) in [5.41, 5.74) is 0.829. The third-order valence-corrected chi connectivity index (χ3v) is 1.82. The Balaban J connectivity index is 2.15. The maximum absolute atomic E-state index is 11.4. The van der Waals surface area contributed by atoms with Gasteiger partial charge in [-0.1, -0.05) is 30.3 Å². The van der Waals surface area contributed by atoms with E-state index in [1.54, 1.807) is 0 Å². The predicted octanol–water partition coefficient (Wildman–Crippen LogP) is 1.56. The van der Waals surface area contributed by atoms with Crippen LogP contribution >= 0.6 is 0 Å². The average molecular weight is 149 g/mol. The Bertz CT molecular complexity index is 229. The standard InChI is InChI=1S/C9H9O2/c10-9(8-6-11-8)7-4-2-1-3-5-7/h1-5,8-9H,6H2. The average Bonchev–Trinajstić information content (AvgIpc) is 2.87. The molecule has 57 valence electrons. The number of epoxide rings is 1. The van der Waals surface area contributed by atoms with Gasteiger partial charge < -0.3 is 4.74 Å². The lowest BCUT2D eigenvalue weighted by molar-refractivity contribution is 0.0614. The summed E-state index contributed by atoms with van der Waals surface area (Å²) >= 11 is 0. The molecule has 1 radical (unpaired) electrons. The van der Waals surface area contributed by atoms with Gasteiger partial charge in [-0.2, -0.15) is 0 Å². The summed E-state index contributed by atoms with van der Waals surface area (Å²) in [7, 11) is 0. The maximum Gasteiger partial charge on any atom is 0.146 e. The van der Waals surface area contributed by atoms with Crippen LogP contribution < -0.4 is 0 Å². The summed E-state index contributed by atoms with van der Waals surface area (Å²) in [6, 6.07) is 9.36. The SMILES string of the molecule is [O]C(c1ccccc1)C1CO1. The quantitative estimate of drug-likeness (QED) is 0.587. The Morgan fingerprint density at radius 1 is 1.36 bits per heavy atom. The Kier molecular flexibility index (Phi) is 1.64. The van der Waals surface area contributed by atoms with Crippen LogP contribution in [0.15, 0.2) is 30.3 Å². The largest absolute Gasteiger partial charge is 0.370 e. The molecule has 2 nitrogen and oxygen atoms in total. The smallest absolute Gasteiger partial charge is 0.146 e. The number of ether oxygens (including phenoxy) is 1. The van der Waals surface area contributed by atoms with Crippen molar-refractivity contribution in [1.29, 1.82) is 0 Å². The van der Waals surface area contributed by atoms with Crippen molar-refractivity contribution < 1.29 is 9.84 Å². The normalized spacial score (nSPS) is 24.6. The lowest BCUT2D eigenvalue weighted by Gasteiger charge is -2.02. The molecule has 2 unspecified atom stereocenters.